The average molecular weight is 469 g/mol. The highest BCUT2D eigenvalue weighted by Gasteiger charge is 2.14. The first-order chi connectivity index (χ1) is 16.2. The summed E-state index contributed by atoms with van der Waals surface area (Å²) in [5, 5.41) is 9.18. The van der Waals surface area contributed by atoms with Crippen LogP contribution in [0.2, 0.25) is 0 Å². The molecule has 0 radical (unpaired) electrons. The number of carbonyl (C=O) groups is 3. The summed E-state index contributed by atoms with van der Waals surface area (Å²) in [7, 11) is 0. The fourth-order valence-corrected chi connectivity index (χ4v) is 2.76. The molecule has 0 saturated carbocycles. The number of amides is 3. The van der Waals surface area contributed by atoms with Crippen molar-refractivity contribution in [3.05, 3.63) is 53.1 Å². The van der Waals surface area contributed by atoms with Gasteiger partial charge in [-0.3, -0.25) is 14.4 Å². The standard InChI is InChI=1S/C25H32N4O5/c1-6-18(5)27-24(31)25(32)29-26-14-19-9-11-21(22(13-19)33-7-2)34-15-23(30)28-20-10-8-16(3)17(4)12-20/h8-14,18H,6-7,15H2,1-5H3,(H,27,31)(H,28,30)(H,29,32)/b26-14-/t18-/m1/s1. The molecule has 0 saturated heterocycles. The summed E-state index contributed by atoms with van der Waals surface area (Å²) in [4.78, 5) is 35.8. The molecule has 0 aliphatic carbocycles. The van der Waals surface area contributed by atoms with E-state index in [1.165, 1.54) is 6.21 Å². The molecule has 2 rings (SSSR count). The molecule has 0 spiro atoms. The third-order valence-electron chi connectivity index (χ3n) is 4.99. The van der Waals surface area contributed by atoms with E-state index in [2.05, 4.69) is 21.2 Å². The van der Waals surface area contributed by atoms with Crippen molar-refractivity contribution in [3.63, 3.8) is 0 Å². The molecule has 1 atom stereocenters. The Balaban J connectivity index is 1.96. The van der Waals surface area contributed by atoms with Crippen molar-refractivity contribution in [3.8, 4) is 11.5 Å². The predicted molar refractivity (Wildman–Crippen MR) is 131 cm³/mol. The molecular formula is C25H32N4O5. The van der Waals surface area contributed by atoms with Crippen LogP contribution < -0.4 is 25.5 Å². The van der Waals surface area contributed by atoms with Crippen LogP contribution in [0, 0.1) is 13.8 Å². The van der Waals surface area contributed by atoms with E-state index < -0.39 is 11.8 Å². The second-order valence-corrected chi connectivity index (χ2v) is 7.76. The van der Waals surface area contributed by atoms with Gasteiger partial charge in [-0.2, -0.15) is 5.10 Å². The van der Waals surface area contributed by atoms with Gasteiger partial charge in [-0.05, 0) is 81.1 Å². The van der Waals surface area contributed by atoms with Gasteiger partial charge in [0.1, 0.15) is 0 Å². The van der Waals surface area contributed by atoms with E-state index in [-0.39, 0.29) is 18.6 Å². The highest BCUT2D eigenvalue weighted by Crippen LogP contribution is 2.28. The molecule has 2 aromatic carbocycles. The molecule has 3 N–H and O–H groups in total. The maximum atomic E-state index is 12.3. The first-order valence-electron chi connectivity index (χ1n) is 11.1. The van der Waals surface area contributed by atoms with E-state index in [9.17, 15) is 14.4 Å². The molecule has 2 aromatic rings. The van der Waals surface area contributed by atoms with E-state index in [1.807, 2.05) is 45.9 Å². The molecule has 0 aliphatic heterocycles. The number of hydrogen-bond donors (Lipinski definition) is 3. The Morgan fingerprint density at radius 1 is 0.971 bits per heavy atom. The molecule has 0 heterocycles. The van der Waals surface area contributed by atoms with Gasteiger partial charge in [-0.25, -0.2) is 5.43 Å². The Labute approximate surface area is 199 Å². The van der Waals surface area contributed by atoms with Crippen LogP contribution in [0.1, 0.15) is 43.9 Å². The summed E-state index contributed by atoms with van der Waals surface area (Å²) in [5.41, 5.74) is 5.73. The molecule has 0 aliphatic rings. The molecule has 9 nitrogen and oxygen atoms in total. The van der Waals surface area contributed by atoms with Crippen LogP contribution in [0.25, 0.3) is 0 Å². The lowest BCUT2D eigenvalue weighted by Gasteiger charge is -2.13. The number of nitrogens with one attached hydrogen (secondary N) is 3. The molecule has 0 unspecified atom stereocenters. The molecule has 0 aromatic heterocycles. The summed E-state index contributed by atoms with van der Waals surface area (Å²) in [6, 6.07) is 10.6. The summed E-state index contributed by atoms with van der Waals surface area (Å²) >= 11 is 0. The van der Waals surface area contributed by atoms with Gasteiger partial charge in [0, 0.05) is 11.7 Å². The quantitative estimate of drug-likeness (QED) is 0.281. The van der Waals surface area contributed by atoms with Crippen molar-refractivity contribution in [1.29, 1.82) is 0 Å². The van der Waals surface area contributed by atoms with Gasteiger partial charge in [0.15, 0.2) is 18.1 Å². The van der Waals surface area contributed by atoms with Crippen LogP contribution in [0.3, 0.4) is 0 Å². The first-order valence-corrected chi connectivity index (χ1v) is 11.1. The lowest BCUT2D eigenvalue weighted by atomic mass is 10.1. The van der Waals surface area contributed by atoms with Crippen LogP contribution in [-0.4, -0.2) is 43.2 Å². The molecule has 3 amide bonds. The number of rotatable bonds is 10. The van der Waals surface area contributed by atoms with Crippen molar-refractivity contribution in [1.82, 2.24) is 10.7 Å². The zero-order valence-corrected chi connectivity index (χ0v) is 20.2. The minimum absolute atomic E-state index is 0.105. The van der Waals surface area contributed by atoms with Crippen LogP contribution in [0.5, 0.6) is 11.5 Å². The smallest absolute Gasteiger partial charge is 0.329 e. The average Bonchev–Trinajstić information content (AvgIpc) is 2.80. The van der Waals surface area contributed by atoms with Gasteiger partial charge in [-0.15, -0.1) is 0 Å². The van der Waals surface area contributed by atoms with Crippen molar-refractivity contribution < 1.29 is 23.9 Å². The van der Waals surface area contributed by atoms with E-state index in [0.29, 0.717) is 35.8 Å². The Morgan fingerprint density at radius 3 is 2.41 bits per heavy atom. The van der Waals surface area contributed by atoms with Crippen molar-refractivity contribution in [2.75, 3.05) is 18.5 Å². The van der Waals surface area contributed by atoms with Gasteiger partial charge in [0.25, 0.3) is 5.91 Å². The van der Waals surface area contributed by atoms with Crippen molar-refractivity contribution in [2.24, 2.45) is 5.10 Å². The Bertz CT molecular complexity index is 1050. The Hall–Kier alpha value is -3.88. The highest BCUT2D eigenvalue weighted by atomic mass is 16.5. The summed E-state index contributed by atoms with van der Waals surface area (Å²) in [6.45, 7) is 9.72. The van der Waals surface area contributed by atoms with E-state index >= 15 is 0 Å². The molecular weight excluding hydrogens is 436 g/mol. The molecule has 9 heteroatoms. The number of hydrogen-bond acceptors (Lipinski definition) is 6. The van der Waals surface area contributed by atoms with Crippen LogP contribution in [-0.2, 0) is 14.4 Å². The molecule has 0 fully saturated rings. The van der Waals surface area contributed by atoms with Gasteiger partial charge >= 0.3 is 11.8 Å². The second kappa shape index (κ2) is 13.0. The van der Waals surface area contributed by atoms with E-state index in [1.54, 1.807) is 25.1 Å². The SMILES string of the molecule is CCOc1cc(/C=N\NC(=O)C(=O)N[C@H](C)CC)ccc1OCC(=O)Nc1ccc(C)c(C)c1. The van der Waals surface area contributed by atoms with Gasteiger partial charge < -0.3 is 20.1 Å². The number of aryl methyl sites for hydroxylation is 2. The number of nitrogens with zero attached hydrogens (tertiary/aromatic N) is 1. The third-order valence-corrected chi connectivity index (χ3v) is 4.99. The van der Waals surface area contributed by atoms with Gasteiger partial charge in [-0.1, -0.05) is 13.0 Å². The Kier molecular flexibility index (Phi) is 10.1. The monoisotopic (exact) mass is 468 g/mol. The lowest BCUT2D eigenvalue weighted by Crippen LogP contribution is -2.41. The topological polar surface area (TPSA) is 118 Å². The normalized spacial score (nSPS) is 11.6. The summed E-state index contributed by atoms with van der Waals surface area (Å²) in [5.74, 6) is -1.08. The number of ether oxygens (including phenoxy) is 2. The second-order valence-electron chi connectivity index (χ2n) is 7.76. The van der Waals surface area contributed by atoms with Crippen molar-refractivity contribution in [2.45, 2.75) is 47.1 Å². The molecule has 34 heavy (non-hydrogen) atoms. The minimum atomic E-state index is -0.851. The highest BCUT2D eigenvalue weighted by molar-refractivity contribution is 6.35. The number of hydrazone groups is 1. The Morgan fingerprint density at radius 2 is 1.74 bits per heavy atom. The van der Waals surface area contributed by atoms with Crippen LogP contribution in [0.4, 0.5) is 5.69 Å². The van der Waals surface area contributed by atoms with Crippen LogP contribution in [0.15, 0.2) is 41.5 Å². The van der Waals surface area contributed by atoms with E-state index in [4.69, 9.17) is 9.47 Å². The maximum Gasteiger partial charge on any atom is 0.329 e. The minimum Gasteiger partial charge on any atom is -0.490 e. The van der Waals surface area contributed by atoms with Crippen LogP contribution >= 0.6 is 0 Å². The molecule has 0 bridgehead atoms. The molecule has 182 valence electrons. The first kappa shape index (κ1) is 26.4. The van der Waals surface area contributed by atoms with Gasteiger partial charge in [0.05, 0.1) is 12.8 Å². The zero-order valence-electron chi connectivity index (χ0n) is 20.2. The van der Waals surface area contributed by atoms with Crippen molar-refractivity contribution >= 4 is 29.6 Å². The predicted octanol–water partition coefficient (Wildman–Crippen LogP) is 3.08. The third kappa shape index (κ3) is 8.23. The summed E-state index contributed by atoms with van der Waals surface area (Å²) < 4.78 is 11.3. The lowest BCUT2D eigenvalue weighted by molar-refractivity contribution is -0.139. The number of carbonyl (C=O) groups excluding carboxylic acids is 3. The van der Waals surface area contributed by atoms with Gasteiger partial charge in [0.2, 0.25) is 0 Å². The number of benzene rings is 2. The summed E-state index contributed by atoms with van der Waals surface area (Å²) in [6.07, 6.45) is 2.09. The fraction of sp³-hybridized carbons (Fsp3) is 0.360. The fourth-order valence-electron chi connectivity index (χ4n) is 2.76. The largest absolute Gasteiger partial charge is 0.490 e. The maximum absolute atomic E-state index is 12.3. The van der Waals surface area contributed by atoms with E-state index in [0.717, 1.165) is 11.1 Å². The number of anilines is 1. The zero-order chi connectivity index (χ0) is 25.1.